The van der Waals surface area contributed by atoms with Gasteiger partial charge in [0.25, 0.3) is 0 Å². The van der Waals surface area contributed by atoms with Crippen LogP contribution in [0.5, 0.6) is 0 Å². The van der Waals surface area contributed by atoms with Gasteiger partial charge >= 0.3 is 5.63 Å². The summed E-state index contributed by atoms with van der Waals surface area (Å²) in [5.41, 5.74) is 4.92. The van der Waals surface area contributed by atoms with Gasteiger partial charge in [0.15, 0.2) is 0 Å². The second kappa shape index (κ2) is 8.48. The van der Waals surface area contributed by atoms with Crippen LogP contribution in [-0.2, 0) is 17.6 Å². The third-order valence-electron chi connectivity index (χ3n) is 6.63. The monoisotopic (exact) mass is 460 g/mol. The molecule has 0 fully saturated rings. The van der Waals surface area contributed by atoms with E-state index in [-0.39, 0.29) is 24.6 Å². The van der Waals surface area contributed by atoms with E-state index in [4.69, 9.17) is 8.83 Å². The molecule has 0 bridgehead atoms. The Morgan fingerprint density at radius 1 is 0.971 bits per heavy atom. The maximum Gasteiger partial charge on any atom is 0.339 e. The molecule has 0 aliphatic rings. The third kappa shape index (κ3) is 3.87. The number of H-pyrrole nitrogens is 1. The average Bonchev–Trinajstić information content (AvgIpc) is 3.32. The molecular weight excluding hydrogens is 435 g/mol. The summed E-state index contributed by atoms with van der Waals surface area (Å²) >= 11 is 0. The smallest absolute Gasteiger partial charge is 0.339 e. The van der Waals surface area contributed by atoms with Gasteiger partial charge in [0, 0.05) is 52.5 Å². The summed E-state index contributed by atoms with van der Waals surface area (Å²) in [4.78, 5) is 28.2. The summed E-state index contributed by atoms with van der Waals surface area (Å²) in [6, 6.07) is 8.35. The molecule has 0 spiro atoms. The van der Waals surface area contributed by atoms with E-state index < -0.39 is 5.63 Å². The predicted octanol–water partition coefficient (Wildman–Crippen LogP) is 5.38. The van der Waals surface area contributed by atoms with Crippen LogP contribution in [0.1, 0.15) is 34.4 Å². The lowest BCUT2D eigenvalue weighted by Gasteiger charge is -2.09. The van der Waals surface area contributed by atoms with Gasteiger partial charge in [-0.2, -0.15) is 0 Å². The number of aryl methyl sites for hydroxylation is 3. The summed E-state index contributed by atoms with van der Waals surface area (Å²) < 4.78 is 24.9. The molecule has 0 saturated carbocycles. The Labute approximate surface area is 194 Å². The molecule has 0 radical (unpaired) electrons. The van der Waals surface area contributed by atoms with Crippen LogP contribution in [0.25, 0.3) is 32.8 Å². The largest absolute Gasteiger partial charge is 0.461 e. The van der Waals surface area contributed by atoms with Crippen molar-refractivity contribution in [1.82, 2.24) is 10.3 Å². The normalized spacial score (nSPS) is 11.6. The fourth-order valence-electron chi connectivity index (χ4n) is 4.53. The second-order valence-corrected chi connectivity index (χ2v) is 8.72. The van der Waals surface area contributed by atoms with E-state index in [1.807, 2.05) is 33.0 Å². The van der Waals surface area contributed by atoms with Gasteiger partial charge in [0.2, 0.25) is 5.91 Å². The molecule has 5 rings (SSSR count). The van der Waals surface area contributed by atoms with Crippen molar-refractivity contribution in [2.45, 2.75) is 40.0 Å². The number of nitrogens with one attached hydrogen (secondary N) is 2. The van der Waals surface area contributed by atoms with E-state index in [0.29, 0.717) is 29.7 Å². The number of fused-ring (bicyclic) bond motifs is 3. The molecule has 5 aromatic rings. The number of amides is 1. The Balaban J connectivity index is 1.27. The molecule has 6 nitrogen and oxygen atoms in total. The lowest BCUT2D eigenvalue weighted by atomic mass is 10.0. The first-order valence-corrected chi connectivity index (χ1v) is 11.3. The molecule has 0 aliphatic carbocycles. The summed E-state index contributed by atoms with van der Waals surface area (Å²) in [5, 5.41) is 5.54. The lowest BCUT2D eigenvalue weighted by Crippen LogP contribution is -2.26. The van der Waals surface area contributed by atoms with E-state index in [9.17, 15) is 14.0 Å². The third-order valence-corrected chi connectivity index (χ3v) is 6.63. The molecule has 2 aromatic carbocycles. The van der Waals surface area contributed by atoms with E-state index in [2.05, 4.69) is 10.3 Å². The van der Waals surface area contributed by atoms with Crippen LogP contribution in [0.3, 0.4) is 0 Å². The van der Waals surface area contributed by atoms with Crippen molar-refractivity contribution in [1.29, 1.82) is 0 Å². The van der Waals surface area contributed by atoms with Gasteiger partial charge < -0.3 is 19.1 Å². The predicted molar refractivity (Wildman–Crippen MR) is 130 cm³/mol. The fraction of sp³-hybridized carbons (Fsp3) is 0.259. The van der Waals surface area contributed by atoms with Gasteiger partial charge in [-0.05, 0) is 74.6 Å². The first-order valence-electron chi connectivity index (χ1n) is 11.3. The van der Waals surface area contributed by atoms with Crippen molar-refractivity contribution >= 4 is 38.7 Å². The molecule has 7 heteroatoms. The molecule has 174 valence electrons. The minimum Gasteiger partial charge on any atom is -0.461 e. The molecule has 0 atom stereocenters. The minimum absolute atomic E-state index is 0.151. The number of halogens is 1. The fourth-order valence-corrected chi connectivity index (χ4v) is 4.53. The van der Waals surface area contributed by atoms with Crippen molar-refractivity contribution in [3.63, 3.8) is 0 Å². The summed E-state index contributed by atoms with van der Waals surface area (Å²) in [6.45, 7) is 6.21. The zero-order valence-electron chi connectivity index (χ0n) is 19.3. The summed E-state index contributed by atoms with van der Waals surface area (Å²) in [7, 11) is 0. The first-order chi connectivity index (χ1) is 16.3. The molecule has 3 aromatic heterocycles. The number of carbonyl (C=O) groups is 1. The van der Waals surface area contributed by atoms with Gasteiger partial charge in [-0.15, -0.1) is 0 Å². The first kappa shape index (κ1) is 21.9. The van der Waals surface area contributed by atoms with Gasteiger partial charge in [-0.1, -0.05) is 0 Å². The van der Waals surface area contributed by atoms with Crippen molar-refractivity contribution in [2.24, 2.45) is 0 Å². The van der Waals surface area contributed by atoms with Gasteiger partial charge in [0.1, 0.15) is 22.7 Å². The van der Waals surface area contributed by atoms with Crippen LogP contribution >= 0.6 is 0 Å². The summed E-state index contributed by atoms with van der Waals surface area (Å²) in [5.74, 6) is 0.391. The number of furan rings is 1. The maximum absolute atomic E-state index is 13.5. The van der Waals surface area contributed by atoms with Crippen molar-refractivity contribution in [2.75, 3.05) is 6.54 Å². The van der Waals surface area contributed by atoms with E-state index in [0.717, 1.165) is 44.1 Å². The zero-order chi connectivity index (χ0) is 24.0. The van der Waals surface area contributed by atoms with E-state index in [1.165, 1.54) is 12.1 Å². The van der Waals surface area contributed by atoms with Crippen molar-refractivity contribution in [3.8, 4) is 0 Å². The van der Waals surface area contributed by atoms with E-state index >= 15 is 0 Å². The van der Waals surface area contributed by atoms with Crippen LogP contribution in [0.15, 0.2) is 50.2 Å². The van der Waals surface area contributed by atoms with Crippen LogP contribution < -0.4 is 10.9 Å². The number of benzene rings is 2. The summed E-state index contributed by atoms with van der Waals surface area (Å²) in [6.07, 6.45) is 2.87. The number of carbonyl (C=O) groups excluding carboxylic acids is 1. The van der Waals surface area contributed by atoms with Crippen LogP contribution in [-0.4, -0.2) is 17.4 Å². The van der Waals surface area contributed by atoms with Crippen molar-refractivity contribution in [3.05, 3.63) is 80.8 Å². The molecular formula is C27H25FN2O4. The highest BCUT2D eigenvalue weighted by Gasteiger charge is 2.16. The quantitative estimate of drug-likeness (QED) is 0.333. The molecule has 1 amide bonds. The number of aromatic amines is 1. The molecule has 34 heavy (non-hydrogen) atoms. The molecule has 3 heterocycles. The van der Waals surface area contributed by atoms with Gasteiger partial charge in [0.05, 0.1) is 0 Å². The Kier molecular flexibility index (Phi) is 5.48. The Morgan fingerprint density at radius 3 is 2.56 bits per heavy atom. The van der Waals surface area contributed by atoms with Gasteiger partial charge in [-0.25, -0.2) is 9.18 Å². The standard InChI is InChI=1S/C27H25FN2O4/c1-14-16(3)33-24-12-25-21(11-20(14)24)15(2)19(27(32)34-25)5-7-26(31)29-9-8-17-13-30-23-6-4-18(28)10-22(17)23/h4,6,10-13,30H,5,7-9H2,1-3H3,(H,29,31). The van der Waals surface area contributed by atoms with Crippen LogP contribution in [0, 0.1) is 26.6 Å². The molecule has 0 saturated heterocycles. The van der Waals surface area contributed by atoms with Crippen LogP contribution in [0.2, 0.25) is 0 Å². The Bertz CT molecular complexity index is 1620. The second-order valence-electron chi connectivity index (χ2n) is 8.72. The topological polar surface area (TPSA) is 88.2 Å². The number of aromatic nitrogens is 1. The highest BCUT2D eigenvalue weighted by atomic mass is 19.1. The maximum atomic E-state index is 13.5. The number of hydrogen-bond acceptors (Lipinski definition) is 4. The number of hydrogen-bond donors (Lipinski definition) is 2. The van der Waals surface area contributed by atoms with Crippen molar-refractivity contribution < 1.29 is 18.0 Å². The zero-order valence-corrected chi connectivity index (χ0v) is 19.3. The Hall–Kier alpha value is -3.87. The molecule has 0 unspecified atom stereocenters. The van der Waals surface area contributed by atoms with Crippen LogP contribution in [0.4, 0.5) is 4.39 Å². The average molecular weight is 461 g/mol. The minimum atomic E-state index is -0.432. The van der Waals surface area contributed by atoms with E-state index in [1.54, 1.807) is 12.1 Å². The SMILES string of the molecule is Cc1oc2cc3oc(=O)c(CCC(=O)NCCc4c[nH]c5ccc(F)cc45)c(C)c3cc2c1C. The number of rotatable bonds is 6. The highest BCUT2D eigenvalue weighted by molar-refractivity contribution is 5.96. The lowest BCUT2D eigenvalue weighted by molar-refractivity contribution is -0.121. The van der Waals surface area contributed by atoms with Gasteiger partial charge in [-0.3, -0.25) is 4.79 Å². The Morgan fingerprint density at radius 2 is 1.74 bits per heavy atom. The highest BCUT2D eigenvalue weighted by Crippen LogP contribution is 2.31. The molecule has 0 aliphatic heterocycles. The molecule has 2 N–H and O–H groups in total.